The number of thiazole rings is 1. The van der Waals surface area contributed by atoms with Gasteiger partial charge in [-0.1, -0.05) is 17.8 Å². The van der Waals surface area contributed by atoms with Crippen molar-refractivity contribution < 1.29 is 18.9 Å². The molecule has 6 nitrogen and oxygen atoms in total. The van der Waals surface area contributed by atoms with Crippen molar-refractivity contribution in [3.63, 3.8) is 0 Å². The summed E-state index contributed by atoms with van der Waals surface area (Å²) in [5.41, 5.74) is 0.841. The van der Waals surface area contributed by atoms with Crippen molar-refractivity contribution in [2.24, 2.45) is 5.92 Å². The topological polar surface area (TPSA) is 62.7 Å². The van der Waals surface area contributed by atoms with Crippen LogP contribution in [-0.4, -0.2) is 48.1 Å². The lowest BCUT2D eigenvalue weighted by molar-refractivity contribution is 0.0308. The summed E-state index contributed by atoms with van der Waals surface area (Å²) >= 11 is 1.45. The summed E-state index contributed by atoms with van der Waals surface area (Å²) in [5, 5.41) is 0.624. The summed E-state index contributed by atoms with van der Waals surface area (Å²) in [4.78, 5) is 9.93. The Balaban J connectivity index is 1.28. The molecule has 1 saturated carbocycles. The van der Waals surface area contributed by atoms with Crippen molar-refractivity contribution in [1.82, 2.24) is 9.97 Å². The quantitative estimate of drug-likeness (QED) is 0.828. The van der Waals surface area contributed by atoms with Gasteiger partial charge in [0.25, 0.3) is 5.19 Å². The van der Waals surface area contributed by atoms with Gasteiger partial charge in [-0.05, 0) is 31.2 Å². The van der Waals surface area contributed by atoms with E-state index in [1.54, 1.807) is 0 Å². The van der Waals surface area contributed by atoms with Crippen molar-refractivity contribution in [3.8, 4) is 11.1 Å². The second-order valence-electron chi connectivity index (χ2n) is 6.71. The molecule has 1 aliphatic carbocycles. The predicted molar refractivity (Wildman–Crippen MR) is 88.8 cm³/mol. The van der Waals surface area contributed by atoms with Crippen LogP contribution in [0, 0.1) is 5.92 Å². The van der Waals surface area contributed by atoms with Crippen LogP contribution >= 0.6 is 11.3 Å². The molecule has 0 spiro atoms. The van der Waals surface area contributed by atoms with Crippen LogP contribution in [0.3, 0.4) is 0 Å². The van der Waals surface area contributed by atoms with Crippen LogP contribution in [0.4, 0.5) is 0 Å². The van der Waals surface area contributed by atoms with Gasteiger partial charge < -0.3 is 18.9 Å². The fraction of sp³-hybridized carbons (Fsp3) is 0.647. The zero-order valence-electron chi connectivity index (χ0n) is 13.3. The van der Waals surface area contributed by atoms with Crippen LogP contribution in [0.1, 0.15) is 25.7 Å². The fourth-order valence-corrected chi connectivity index (χ4v) is 4.27. The van der Waals surface area contributed by atoms with E-state index in [4.69, 9.17) is 18.9 Å². The number of ether oxygens (including phenoxy) is 4. The number of hydrogen-bond donors (Lipinski definition) is 0. The smallest absolute Gasteiger partial charge is 0.276 e. The second-order valence-corrected chi connectivity index (χ2v) is 7.65. The maximum absolute atomic E-state index is 6.02. The molecule has 5 rings (SSSR count). The molecule has 0 amide bonds. The van der Waals surface area contributed by atoms with Gasteiger partial charge in [0.05, 0.1) is 19.3 Å². The number of rotatable bonds is 5. The third kappa shape index (κ3) is 2.74. The molecule has 4 heterocycles. The van der Waals surface area contributed by atoms with Gasteiger partial charge in [-0.15, -0.1) is 0 Å². The summed E-state index contributed by atoms with van der Waals surface area (Å²) < 4.78 is 23.3. The normalized spacial score (nSPS) is 29.6. The van der Waals surface area contributed by atoms with E-state index in [0.717, 1.165) is 30.0 Å². The van der Waals surface area contributed by atoms with Gasteiger partial charge in [-0.2, -0.15) is 0 Å². The first-order valence-electron chi connectivity index (χ1n) is 8.65. The lowest BCUT2D eigenvalue weighted by Gasteiger charge is -2.24. The molecule has 2 saturated heterocycles. The first-order valence-corrected chi connectivity index (χ1v) is 9.47. The average molecular weight is 348 g/mol. The Hall–Kier alpha value is -1.44. The zero-order chi connectivity index (χ0) is 15.9. The SMILES string of the molecule is c1cc2nc(OC3CO[C@@H]4CCO[C@H]34)sc2nc1OCC1CCC1. The van der Waals surface area contributed by atoms with Crippen LogP contribution in [0.25, 0.3) is 10.3 Å². The van der Waals surface area contributed by atoms with Crippen LogP contribution in [0.15, 0.2) is 12.1 Å². The number of fused-ring (bicyclic) bond motifs is 2. The van der Waals surface area contributed by atoms with Gasteiger partial charge in [0.15, 0.2) is 10.9 Å². The maximum Gasteiger partial charge on any atom is 0.276 e. The number of hydrogen-bond acceptors (Lipinski definition) is 7. The molecule has 0 aromatic carbocycles. The monoisotopic (exact) mass is 348 g/mol. The Labute approximate surface area is 144 Å². The van der Waals surface area contributed by atoms with Crippen molar-refractivity contribution in [2.75, 3.05) is 19.8 Å². The van der Waals surface area contributed by atoms with E-state index in [1.165, 1.54) is 30.6 Å². The first kappa shape index (κ1) is 14.9. The fourth-order valence-electron chi connectivity index (χ4n) is 3.43. The molecule has 2 aliphatic heterocycles. The van der Waals surface area contributed by atoms with Gasteiger partial charge in [-0.25, -0.2) is 9.97 Å². The minimum atomic E-state index is -0.0765. The average Bonchev–Trinajstić information content (AvgIpc) is 3.22. The zero-order valence-corrected chi connectivity index (χ0v) is 14.2. The number of aromatic nitrogens is 2. The Morgan fingerprint density at radius 1 is 1.17 bits per heavy atom. The third-order valence-electron chi connectivity index (χ3n) is 5.07. The minimum absolute atomic E-state index is 0.0337. The number of pyridine rings is 1. The third-order valence-corrected chi connectivity index (χ3v) is 5.93. The van der Waals surface area contributed by atoms with Gasteiger partial charge >= 0.3 is 0 Å². The first-order chi connectivity index (χ1) is 11.8. The van der Waals surface area contributed by atoms with Gasteiger partial charge in [0, 0.05) is 12.7 Å². The van der Waals surface area contributed by atoms with Gasteiger partial charge in [-0.3, -0.25) is 0 Å². The Morgan fingerprint density at radius 2 is 2.12 bits per heavy atom. The molecular formula is C17H20N2O4S. The molecule has 0 radical (unpaired) electrons. The molecule has 128 valence electrons. The van der Waals surface area contributed by atoms with Crippen molar-refractivity contribution in [3.05, 3.63) is 12.1 Å². The van der Waals surface area contributed by atoms with Crippen molar-refractivity contribution in [2.45, 2.75) is 44.0 Å². The largest absolute Gasteiger partial charge is 0.477 e. The van der Waals surface area contributed by atoms with E-state index >= 15 is 0 Å². The minimum Gasteiger partial charge on any atom is -0.477 e. The Morgan fingerprint density at radius 3 is 3.00 bits per heavy atom. The lowest BCUT2D eigenvalue weighted by atomic mass is 9.86. The molecule has 2 aromatic heterocycles. The standard InChI is InChI=1S/C17H20N2O4S/c1-2-10(3-1)8-22-14-5-4-11-16(19-14)24-17(18-11)23-13-9-21-12-6-7-20-15(12)13/h4-5,10,12-13,15H,1-3,6-9H2/t12-,13?,15+/m1/s1. The summed E-state index contributed by atoms with van der Waals surface area (Å²) in [5.74, 6) is 1.37. The van der Waals surface area contributed by atoms with E-state index < -0.39 is 0 Å². The molecular weight excluding hydrogens is 328 g/mol. The molecule has 3 atom stereocenters. The molecule has 0 bridgehead atoms. The highest BCUT2D eigenvalue weighted by atomic mass is 32.1. The molecule has 3 fully saturated rings. The van der Waals surface area contributed by atoms with Crippen LogP contribution in [0.5, 0.6) is 11.1 Å². The summed E-state index contributed by atoms with van der Waals surface area (Å²) in [7, 11) is 0. The molecule has 1 unspecified atom stereocenters. The Kier molecular flexibility index (Phi) is 3.80. The number of nitrogens with zero attached hydrogens (tertiary/aromatic N) is 2. The van der Waals surface area contributed by atoms with Crippen molar-refractivity contribution >= 4 is 21.7 Å². The Bertz CT molecular complexity index is 732. The molecule has 24 heavy (non-hydrogen) atoms. The van der Waals surface area contributed by atoms with E-state index in [1.807, 2.05) is 12.1 Å². The van der Waals surface area contributed by atoms with Gasteiger partial charge in [0.1, 0.15) is 11.6 Å². The second kappa shape index (κ2) is 6.13. The highest BCUT2D eigenvalue weighted by Gasteiger charge is 2.43. The maximum atomic E-state index is 6.02. The van der Waals surface area contributed by atoms with Crippen LogP contribution in [-0.2, 0) is 9.47 Å². The summed E-state index contributed by atoms with van der Waals surface area (Å²) in [6.45, 7) is 2.08. The van der Waals surface area contributed by atoms with Gasteiger partial charge in [0.2, 0.25) is 5.88 Å². The van der Waals surface area contributed by atoms with Crippen molar-refractivity contribution in [1.29, 1.82) is 0 Å². The summed E-state index contributed by atoms with van der Waals surface area (Å²) in [6, 6.07) is 3.83. The highest BCUT2D eigenvalue weighted by Crippen LogP contribution is 2.33. The van der Waals surface area contributed by atoms with Crippen LogP contribution < -0.4 is 9.47 Å². The summed E-state index contributed by atoms with van der Waals surface area (Å²) in [6.07, 6.45) is 4.95. The van der Waals surface area contributed by atoms with E-state index in [-0.39, 0.29) is 18.3 Å². The lowest BCUT2D eigenvalue weighted by Crippen LogP contribution is -2.32. The van der Waals surface area contributed by atoms with E-state index in [9.17, 15) is 0 Å². The van der Waals surface area contributed by atoms with E-state index in [0.29, 0.717) is 23.6 Å². The van der Waals surface area contributed by atoms with E-state index in [2.05, 4.69) is 9.97 Å². The molecule has 3 aliphatic rings. The highest BCUT2D eigenvalue weighted by molar-refractivity contribution is 7.19. The molecule has 2 aromatic rings. The molecule has 7 heteroatoms. The van der Waals surface area contributed by atoms with Crippen LogP contribution in [0.2, 0.25) is 0 Å². The molecule has 0 N–H and O–H groups in total. The predicted octanol–water partition coefficient (Wildman–Crippen LogP) is 2.81.